The number of hydrogen-bond acceptors (Lipinski definition) is 4. The first kappa shape index (κ1) is 14.6. The number of aromatic nitrogens is 1. The summed E-state index contributed by atoms with van der Waals surface area (Å²) < 4.78 is 18.2. The summed E-state index contributed by atoms with van der Waals surface area (Å²) in [6.07, 6.45) is 0. The number of carbonyl (C=O) groups is 1. The molecule has 5 nitrogen and oxygen atoms in total. The molecule has 110 valence electrons. The lowest BCUT2D eigenvalue weighted by atomic mass is 10.1. The SMILES string of the molecule is COc1nc(N2CCN(C(=O)C(C)C)CC2)ccc1F. The summed E-state index contributed by atoms with van der Waals surface area (Å²) in [4.78, 5) is 19.9. The van der Waals surface area contributed by atoms with E-state index in [0.29, 0.717) is 32.0 Å². The second-order valence-electron chi connectivity index (χ2n) is 5.13. The van der Waals surface area contributed by atoms with Crippen LogP contribution in [0.5, 0.6) is 5.88 Å². The van der Waals surface area contributed by atoms with E-state index in [0.717, 1.165) is 0 Å². The number of ether oxygens (including phenoxy) is 1. The van der Waals surface area contributed by atoms with Gasteiger partial charge in [-0.25, -0.2) is 4.39 Å². The van der Waals surface area contributed by atoms with Gasteiger partial charge in [0.25, 0.3) is 5.88 Å². The number of carbonyl (C=O) groups excluding carboxylic acids is 1. The Kier molecular flexibility index (Phi) is 4.42. The lowest BCUT2D eigenvalue weighted by Gasteiger charge is -2.36. The van der Waals surface area contributed by atoms with Crippen LogP contribution in [0.15, 0.2) is 12.1 Å². The maximum absolute atomic E-state index is 13.3. The highest BCUT2D eigenvalue weighted by molar-refractivity contribution is 5.78. The van der Waals surface area contributed by atoms with Crippen LogP contribution in [-0.2, 0) is 4.79 Å². The van der Waals surface area contributed by atoms with E-state index in [4.69, 9.17) is 4.74 Å². The van der Waals surface area contributed by atoms with Crippen molar-refractivity contribution in [3.8, 4) is 5.88 Å². The van der Waals surface area contributed by atoms with Crippen LogP contribution in [0.1, 0.15) is 13.8 Å². The molecule has 0 saturated carbocycles. The predicted molar refractivity (Wildman–Crippen MR) is 74.4 cm³/mol. The number of nitrogens with zero attached hydrogens (tertiary/aromatic N) is 3. The number of piperazine rings is 1. The van der Waals surface area contributed by atoms with E-state index in [1.165, 1.54) is 13.2 Å². The number of pyridine rings is 1. The van der Waals surface area contributed by atoms with Crippen LogP contribution in [0.2, 0.25) is 0 Å². The van der Waals surface area contributed by atoms with Crippen LogP contribution in [0.4, 0.5) is 10.2 Å². The zero-order valence-corrected chi connectivity index (χ0v) is 12.1. The summed E-state index contributed by atoms with van der Waals surface area (Å²) >= 11 is 0. The van der Waals surface area contributed by atoms with Crippen LogP contribution >= 0.6 is 0 Å². The lowest BCUT2D eigenvalue weighted by Crippen LogP contribution is -2.50. The van der Waals surface area contributed by atoms with Crippen LogP contribution in [-0.4, -0.2) is 49.1 Å². The first-order chi connectivity index (χ1) is 9.52. The Morgan fingerprint density at radius 2 is 1.95 bits per heavy atom. The van der Waals surface area contributed by atoms with E-state index in [9.17, 15) is 9.18 Å². The number of methoxy groups -OCH3 is 1. The topological polar surface area (TPSA) is 45.7 Å². The largest absolute Gasteiger partial charge is 0.479 e. The molecule has 0 aliphatic carbocycles. The fourth-order valence-corrected chi connectivity index (χ4v) is 2.25. The molecule has 2 heterocycles. The second kappa shape index (κ2) is 6.07. The number of anilines is 1. The number of amides is 1. The molecule has 0 spiro atoms. The minimum absolute atomic E-state index is 0.00295. The smallest absolute Gasteiger partial charge is 0.252 e. The molecule has 0 radical (unpaired) electrons. The average molecular weight is 281 g/mol. The molecule has 1 amide bonds. The van der Waals surface area contributed by atoms with E-state index in [1.807, 2.05) is 23.6 Å². The Morgan fingerprint density at radius 1 is 1.30 bits per heavy atom. The molecule has 2 rings (SSSR count). The zero-order chi connectivity index (χ0) is 14.7. The van der Waals surface area contributed by atoms with Crippen molar-refractivity contribution in [2.45, 2.75) is 13.8 Å². The van der Waals surface area contributed by atoms with Crippen molar-refractivity contribution in [1.29, 1.82) is 0 Å². The standard InChI is InChI=1S/C14H20FN3O2/c1-10(2)14(19)18-8-6-17(7-9-18)12-5-4-11(15)13(16-12)20-3/h4-5,10H,6-9H2,1-3H3. The van der Waals surface area contributed by atoms with Crippen molar-refractivity contribution in [3.63, 3.8) is 0 Å². The molecule has 0 bridgehead atoms. The Morgan fingerprint density at radius 3 is 2.50 bits per heavy atom. The summed E-state index contributed by atoms with van der Waals surface area (Å²) in [6, 6.07) is 2.99. The van der Waals surface area contributed by atoms with Gasteiger partial charge in [-0.1, -0.05) is 13.8 Å². The van der Waals surface area contributed by atoms with Crippen molar-refractivity contribution >= 4 is 11.7 Å². The molecule has 6 heteroatoms. The second-order valence-corrected chi connectivity index (χ2v) is 5.13. The molecule has 0 N–H and O–H groups in total. The highest BCUT2D eigenvalue weighted by atomic mass is 19.1. The Bertz CT molecular complexity index is 485. The number of halogens is 1. The molecule has 1 saturated heterocycles. The van der Waals surface area contributed by atoms with Gasteiger partial charge in [-0.2, -0.15) is 4.98 Å². The zero-order valence-electron chi connectivity index (χ0n) is 12.1. The van der Waals surface area contributed by atoms with Gasteiger partial charge >= 0.3 is 0 Å². The van der Waals surface area contributed by atoms with Crippen molar-refractivity contribution in [1.82, 2.24) is 9.88 Å². The van der Waals surface area contributed by atoms with Gasteiger partial charge in [0.15, 0.2) is 5.82 Å². The Labute approximate surface area is 118 Å². The van der Waals surface area contributed by atoms with E-state index in [2.05, 4.69) is 4.98 Å². The fraction of sp³-hybridized carbons (Fsp3) is 0.571. The summed E-state index contributed by atoms with van der Waals surface area (Å²) in [5.74, 6) is 0.410. The molecular weight excluding hydrogens is 261 g/mol. The monoisotopic (exact) mass is 281 g/mol. The number of rotatable bonds is 3. The molecular formula is C14H20FN3O2. The van der Waals surface area contributed by atoms with E-state index in [1.54, 1.807) is 6.07 Å². The quantitative estimate of drug-likeness (QED) is 0.843. The summed E-state index contributed by atoms with van der Waals surface area (Å²) in [6.45, 7) is 6.53. The lowest BCUT2D eigenvalue weighted by molar-refractivity contribution is -0.134. The molecule has 0 unspecified atom stereocenters. The van der Waals surface area contributed by atoms with Crippen LogP contribution in [0.3, 0.4) is 0 Å². The van der Waals surface area contributed by atoms with Crippen LogP contribution in [0, 0.1) is 11.7 Å². The molecule has 1 fully saturated rings. The van der Waals surface area contributed by atoms with Gasteiger partial charge in [0, 0.05) is 32.1 Å². The van der Waals surface area contributed by atoms with Gasteiger partial charge in [-0.3, -0.25) is 4.79 Å². The molecule has 1 aliphatic heterocycles. The highest BCUT2D eigenvalue weighted by Crippen LogP contribution is 2.21. The normalized spacial score (nSPS) is 15.7. The van der Waals surface area contributed by atoms with Gasteiger partial charge in [-0.15, -0.1) is 0 Å². The van der Waals surface area contributed by atoms with Gasteiger partial charge < -0.3 is 14.5 Å². The third-order valence-electron chi connectivity index (χ3n) is 3.40. The molecule has 1 aromatic rings. The van der Waals surface area contributed by atoms with E-state index >= 15 is 0 Å². The minimum Gasteiger partial charge on any atom is -0.479 e. The van der Waals surface area contributed by atoms with Crippen LogP contribution < -0.4 is 9.64 Å². The van der Waals surface area contributed by atoms with Gasteiger partial charge in [0.2, 0.25) is 5.91 Å². The molecule has 1 aromatic heterocycles. The van der Waals surface area contributed by atoms with Gasteiger partial charge in [0.1, 0.15) is 5.82 Å². The molecule has 0 aromatic carbocycles. The van der Waals surface area contributed by atoms with Gasteiger partial charge in [0.05, 0.1) is 7.11 Å². The third-order valence-corrected chi connectivity index (χ3v) is 3.40. The third kappa shape index (κ3) is 3.00. The summed E-state index contributed by atoms with van der Waals surface area (Å²) in [7, 11) is 1.40. The fourth-order valence-electron chi connectivity index (χ4n) is 2.25. The van der Waals surface area contributed by atoms with E-state index < -0.39 is 5.82 Å². The van der Waals surface area contributed by atoms with Crippen molar-refractivity contribution < 1.29 is 13.9 Å². The maximum atomic E-state index is 13.3. The summed E-state index contributed by atoms with van der Waals surface area (Å²) in [5, 5.41) is 0. The van der Waals surface area contributed by atoms with E-state index in [-0.39, 0.29) is 17.7 Å². The summed E-state index contributed by atoms with van der Waals surface area (Å²) in [5.41, 5.74) is 0. The number of hydrogen-bond donors (Lipinski definition) is 0. The molecule has 20 heavy (non-hydrogen) atoms. The minimum atomic E-state index is -0.468. The first-order valence-electron chi connectivity index (χ1n) is 6.77. The Balaban J connectivity index is 2.02. The van der Waals surface area contributed by atoms with Crippen molar-refractivity contribution in [2.24, 2.45) is 5.92 Å². The Hall–Kier alpha value is -1.85. The van der Waals surface area contributed by atoms with Gasteiger partial charge in [-0.05, 0) is 12.1 Å². The van der Waals surface area contributed by atoms with Crippen LogP contribution in [0.25, 0.3) is 0 Å². The average Bonchev–Trinajstić information content (AvgIpc) is 2.47. The molecule has 0 atom stereocenters. The highest BCUT2D eigenvalue weighted by Gasteiger charge is 2.23. The molecule has 1 aliphatic rings. The predicted octanol–water partition coefficient (Wildman–Crippen LogP) is 1.53. The first-order valence-corrected chi connectivity index (χ1v) is 6.77. The maximum Gasteiger partial charge on any atom is 0.252 e. The van der Waals surface area contributed by atoms with Crippen molar-refractivity contribution in [3.05, 3.63) is 17.9 Å². The van der Waals surface area contributed by atoms with Crippen molar-refractivity contribution in [2.75, 3.05) is 38.2 Å².